The van der Waals surface area contributed by atoms with Crippen LogP contribution in [0.5, 0.6) is 5.75 Å². The van der Waals surface area contributed by atoms with Crippen molar-refractivity contribution in [2.24, 2.45) is 0 Å². The molecular weight excluding hydrogens is 260 g/mol. The Labute approximate surface area is 124 Å². The summed E-state index contributed by atoms with van der Waals surface area (Å²) in [6, 6.07) is 21.3. The predicted octanol–water partition coefficient (Wildman–Crippen LogP) is 4.41. The molecule has 0 radical (unpaired) electrons. The van der Waals surface area contributed by atoms with Crippen LogP contribution >= 0.6 is 0 Å². The Balaban J connectivity index is 1.78. The Morgan fingerprint density at radius 1 is 0.952 bits per heavy atom. The van der Waals surface area contributed by atoms with E-state index in [1.54, 1.807) is 12.1 Å². The molecule has 2 nitrogen and oxygen atoms in total. The van der Waals surface area contributed by atoms with Crippen molar-refractivity contribution in [2.45, 2.75) is 6.92 Å². The van der Waals surface area contributed by atoms with Gasteiger partial charge in [-0.15, -0.1) is 0 Å². The Hall–Kier alpha value is -2.61. The van der Waals surface area contributed by atoms with E-state index < -0.39 is 0 Å². The van der Waals surface area contributed by atoms with Gasteiger partial charge in [0.2, 0.25) is 0 Å². The topological polar surface area (TPSA) is 26.3 Å². The van der Waals surface area contributed by atoms with Gasteiger partial charge in [0.05, 0.1) is 0 Å². The van der Waals surface area contributed by atoms with Crippen molar-refractivity contribution in [2.75, 3.05) is 6.61 Å². The van der Waals surface area contributed by atoms with Crippen molar-refractivity contribution >= 4 is 16.6 Å². The number of benzene rings is 3. The van der Waals surface area contributed by atoms with Crippen LogP contribution in [0.3, 0.4) is 0 Å². The van der Waals surface area contributed by atoms with Gasteiger partial charge in [-0.3, -0.25) is 4.79 Å². The fraction of sp³-hybridized carbons (Fsp3) is 0.105. The zero-order chi connectivity index (χ0) is 14.7. The van der Waals surface area contributed by atoms with Crippen LogP contribution < -0.4 is 4.74 Å². The SMILES string of the molecule is Cc1cc(OCC(=O)c2ccccc2)cc2ccccc12. The molecule has 0 saturated heterocycles. The van der Waals surface area contributed by atoms with Crippen molar-refractivity contribution in [1.29, 1.82) is 0 Å². The van der Waals surface area contributed by atoms with Crippen LogP contribution in [0, 0.1) is 6.92 Å². The zero-order valence-electron chi connectivity index (χ0n) is 11.9. The summed E-state index contributed by atoms with van der Waals surface area (Å²) in [5.41, 5.74) is 1.82. The van der Waals surface area contributed by atoms with Crippen molar-refractivity contribution in [1.82, 2.24) is 0 Å². The molecule has 0 aliphatic carbocycles. The quantitative estimate of drug-likeness (QED) is 0.660. The minimum absolute atomic E-state index is 0.0126. The Bertz CT molecular complexity index is 776. The van der Waals surface area contributed by atoms with Crippen LogP contribution in [-0.2, 0) is 0 Å². The van der Waals surface area contributed by atoms with Crippen LogP contribution in [0.4, 0.5) is 0 Å². The highest BCUT2D eigenvalue weighted by molar-refractivity contribution is 5.97. The molecule has 3 rings (SSSR count). The normalized spacial score (nSPS) is 10.5. The number of carbonyl (C=O) groups excluding carboxylic acids is 1. The number of hydrogen-bond donors (Lipinski definition) is 0. The molecule has 0 saturated carbocycles. The molecule has 3 aromatic carbocycles. The lowest BCUT2D eigenvalue weighted by Gasteiger charge is -2.09. The summed E-state index contributed by atoms with van der Waals surface area (Å²) in [5, 5.41) is 2.33. The fourth-order valence-electron chi connectivity index (χ4n) is 2.41. The third-order valence-electron chi connectivity index (χ3n) is 3.51. The molecule has 104 valence electrons. The van der Waals surface area contributed by atoms with Crippen LogP contribution in [0.25, 0.3) is 10.8 Å². The minimum atomic E-state index is -0.0126. The van der Waals surface area contributed by atoms with Gasteiger partial charge >= 0.3 is 0 Å². The molecule has 0 bridgehead atoms. The van der Waals surface area contributed by atoms with E-state index in [1.165, 1.54) is 5.39 Å². The number of fused-ring (bicyclic) bond motifs is 1. The van der Waals surface area contributed by atoms with Crippen molar-refractivity contribution < 1.29 is 9.53 Å². The predicted molar refractivity (Wildman–Crippen MR) is 85.0 cm³/mol. The van der Waals surface area contributed by atoms with E-state index in [0.29, 0.717) is 5.56 Å². The molecule has 0 atom stereocenters. The molecule has 3 aromatic rings. The van der Waals surface area contributed by atoms with Gasteiger partial charge in [0.25, 0.3) is 0 Å². The third kappa shape index (κ3) is 2.95. The van der Waals surface area contributed by atoms with Gasteiger partial charge < -0.3 is 4.74 Å². The molecule has 0 unspecified atom stereocenters. The summed E-state index contributed by atoms with van der Waals surface area (Å²) in [4.78, 5) is 12.0. The first-order valence-electron chi connectivity index (χ1n) is 6.94. The van der Waals surface area contributed by atoms with Crippen LogP contribution in [0.2, 0.25) is 0 Å². The van der Waals surface area contributed by atoms with Gasteiger partial charge in [-0.1, -0.05) is 54.6 Å². The summed E-state index contributed by atoms with van der Waals surface area (Å²) in [6.45, 7) is 2.11. The summed E-state index contributed by atoms with van der Waals surface area (Å²) in [5.74, 6) is 0.719. The molecule has 0 amide bonds. The van der Waals surface area contributed by atoms with Crippen molar-refractivity contribution in [3.05, 3.63) is 77.9 Å². The molecule has 0 aliphatic rings. The van der Waals surface area contributed by atoms with E-state index >= 15 is 0 Å². The van der Waals surface area contributed by atoms with Crippen LogP contribution in [0.15, 0.2) is 66.7 Å². The monoisotopic (exact) mass is 276 g/mol. The molecule has 0 spiro atoms. The smallest absolute Gasteiger partial charge is 0.200 e. The molecule has 0 aromatic heterocycles. The second-order valence-corrected chi connectivity index (χ2v) is 5.04. The van der Waals surface area contributed by atoms with Gasteiger partial charge in [-0.2, -0.15) is 0 Å². The van der Waals surface area contributed by atoms with Crippen molar-refractivity contribution in [3.63, 3.8) is 0 Å². The van der Waals surface area contributed by atoms with Gasteiger partial charge in [0, 0.05) is 5.56 Å². The van der Waals surface area contributed by atoms with Crippen molar-refractivity contribution in [3.8, 4) is 5.75 Å². The molecule has 0 fully saturated rings. The number of rotatable bonds is 4. The molecule has 2 heteroatoms. The standard InChI is InChI=1S/C19H16O2/c1-14-11-17(12-16-9-5-6-10-18(14)16)21-13-19(20)15-7-3-2-4-8-15/h2-12H,13H2,1H3. The fourth-order valence-corrected chi connectivity index (χ4v) is 2.41. The first kappa shape index (κ1) is 13.4. The highest BCUT2D eigenvalue weighted by atomic mass is 16.5. The molecule has 0 heterocycles. The summed E-state index contributed by atoms with van der Waals surface area (Å²) in [7, 11) is 0. The average molecular weight is 276 g/mol. The number of hydrogen-bond acceptors (Lipinski definition) is 2. The first-order chi connectivity index (χ1) is 10.2. The minimum Gasteiger partial charge on any atom is -0.485 e. The van der Waals surface area contributed by atoms with E-state index in [9.17, 15) is 4.79 Å². The van der Waals surface area contributed by atoms with Gasteiger partial charge in [-0.05, 0) is 35.4 Å². The van der Waals surface area contributed by atoms with E-state index in [1.807, 2.05) is 55.5 Å². The summed E-state index contributed by atoms with van der Waals surface area (Å²) < 4.78 is 5.66. The Morgan fingerprint density at radius 3 is 2.48 bits per heavy atom. The summed E-state index contributed by atoms with van der Waals surface area (Å²) >= 11 is 0. The number of carbonyl (C=O) groups is 1. The lowest BCUT2D eigenvalue weighted by atomic mass is 10.1. The number of Topliss-reactive ketones (excluding diaryl/α,β-unsaturated/α-hetero) is 1. The molecule has 0 N–H and O–H groups in total. The number of ether oxygens (including phenoxy) is 1. The van der Waals surface area contributed by atoms with Gasteiger partial charge in [0.15, 0.2) is 12.4 Å². The third-order valence-corrected chi connectivity index (χ3v) is 3.51. The maximum absolute atomic E-state index is 12.0. The first-order valence-corrected chi connectivity index (χ1v) is 6.94. The lowest BCUT2D eigenvalue weighted by molar-refractivity contribution is 0.0921. The number of ketones is 1. The van der Waals surface area contributed by atoms with E-state index in [4.69, 9.17) is 4.74 Å². The van der Waals surface area contributed by atoms with Crippen LogP contribution in [0.1, 0.15) is 15.9 Å². The molecule has 21 heavy (non-hydrogen) atoms. The molecule has 0 aliphatic heterocycles. The maximum atomic E-state index is 12.0. The average Bonchev–Trinajstić information content (AvgIpc) is 2.53. The van der Waals surface area contributed by atoms with E-state index in [2.05, 4.69) is 6.07 Å². The maximum Gasteiger partial charge on any atom is 0.200 e. The van der Waals surface area contributed by atoms with Crippen LogP contribution in [-0.4, -0.2) is 12.4 Å². The number of aryl methyl sites for hydroxylation is 1. The highest BCUT2D eigenvalue weighted by Crippen LogP contribution is 2.24. The second kappa shape index (κ2) is 5.80. The zero-order valence-corrected chi connectivity index (χ0v) is 11.9. The molecular formula is C19H16O2. The Kier molecular flexibility index (Phi) is 3.69. The highest BCUT2D eigenvalue weighted by Gasteiger charge is 2.07. The van der Waals surface area contributed by atoms with Gasteiger partial charge in [0.1, 0.15) is 5.75 Å². The second-order valence-electron chi connectivity index (χ2n) is 5.04. The van der Waals surface area contributed by atoms with E-state index in [-0.39, 0.29) is 12.4 Å². The Morgan fingerprint density at radius 2 is 1.67 bits per heavy atom. The van der Waals surface area contributed by atoms with E-state index in [0.717, 1.165) is 16.7 Å². The largest absolute Gasteiger partial charge is 0.485 e. The van der Waals surface area contributed by atoms with Gasteiger partial charge in [-0.25, -0.2) is 0 Å². The summed E-state index contributed by atoms with van der Waals surface area (Å²) in [6.07, 6.45) is 0. The lowest BCUT2D eigenvalue weighted by Crippen LogP contribution is -2.11.